The van der Waals surface area contributed by atoms with E-state index in [2.05, 4.69) is 4.90 Å². The van der Waals surface area contributed by atoms with Crippen LogP contribution in [0.4, 0.5) is 0 Å². The molecule has 0 spiro atoms. The summed E-state index contributed by atoms with van der Waals surface area (Å²) < 4.78 is 5.77. The van der Waals surface area contributed by atoms with Gasteiger partial charge in [0.15, 0.2) is 0 Å². The summed E-state index contributed by atoms with van der Waals surface area (Å²) in [5, 5.41) is 8.94. The van der Waals surface area contributed by atoms with Gasteiger partial charge in [-0.3, -0.25) is 0 Å². The van der Waals surface area contributed by atoms with Crippen molar-refractivity contribution in [3.05, 3.63) is 29.8 Å². The summed E-state index contributed by atoms with van der Waals surface area (Å²) >= 11 is 0. The standard InChI is InChI=1S/C17H28N2O2/c18-14-15-6-8-17(9-7-15)21-13-3-11-19-10-1-4-16(19)5-2-12-20/h6-9,16,20H,1-5,10-14,18H2. The number of rotatable bonds is 9. The van der Waals surface area contributed by atoms with Gasteiger partial charge in [-0.15, -0.1) is 0 Å². The van der Waals surface area contributed by atoms with Crippen LogP contribution in [-0.2, 0) is 6.54 Å². The third-order valence-corrected chi connectivity index (χ3v) is 4.21. The first-order valence-corrected chi connectivity index (χ1v) is 8.10. The molecular formula is C17H28N2O2. The van der Waals surface area contributed by atoms with Gasteiger partial charge in [0, 0.05) is 25.7 Å². The number of nitrogens with two attached hydrogens (primary N) is 1. The molecule has 0 radical (unpaired) electrons. The number of hydrogen-bond acceptors (Lipinski definition) is 4. The number of aliphatic hydroxyl groups is 1. The highest BCUT2D eigenvalue weighted by Gasteiger charge is 2.23. The van der Waals surface area contributed by atoms with E-state index in [1.807, 2.05) is 24.3 Å². The molecule has 1 atom stereocenters. The molecule has 1 saturated heterocycles. The molecular weight excluding hydrogens is 264 g/mol. The van der Waals surface area contributed by atoms with E-state index in [4.69, 9.17) is 15.6 Å². The van der Waals surface area contributed by atoms with E-state index in [-0.39, 0.29) is 0 Å². The largest absolute Gasteiger partial charge is 0.494 e. The fourth-order valence-electron chi connectivity index (χ4n) is 3.02. The Kier molecular flexibility index (Phi) is 7.00. The lowest BCUT2D eigenvalue weighted by Crippen LogP contribution is -2.31. The fourth-order valence-corrected chi connectivity index (χ4v) is 3.02. The molecule has 0 saturated carbocycles. The average Bonchev–Trinajstić information content (AvgIpc) is 2.97. The Hall–Kier alpha value is -1.10. The average molecular weight is 292 g/mol. The van der Waals surface area contributed by atoms with Crippen molar-refractivity contribution in [2.45, 2.75) is 44.7 Å². The van der Waals surface area contributed by atoms with Crippen LogP contribution in [0.5, 0.6) is 5.75 Å². The van der Waals surface area contributed by atoms with Gasteiger partial charge in [0.2, 0.25) is 0 Å². The third kappa shape index (κ3) is 5.30. The van der Waals surface area contributed by atoms with Crippen molar-refractivity contribution in [1.29, 1.82) is 0 Å². The molecule has 1 aromatic rings. The molecule has 118 valence electrons. The lowest BCUT2D eigenvalue weighted by atomic mass is 10.1. The number of aliphatic hydroxyl groups excluding tert-OH is 1. The van der Waals surface area contributed by atoms with E-state index in [9.17, 15) is 0 Å². The highest BCUT2D eigenvalue weighted by molar-refractivity contribution is 5.26. The minimum Gasteiger partial charge on any atom is -0.494 e. The van der Waals surface area contributed by atoms with Crippen LogP contribution in [0.15, 0.2) is 24.3 Å². The Labute approximate surface area is 127 Å². The minimum absolute atomic E-state index is 0.312. The van der Waals surface area contributed by atoms with Crippen molar-refractivity contribution in [2.75, 3.05) is 26.3 Å². The van der Waals surface area contributed by atoms with Crippen LogP contribution in [0.25, 0.3) is 0 Å². The Balaban J connectivity index is 1.64. The molecule has 1 aromatic carbocycles. The molecule has 21 heavy (non-hydrogen) atoms. The second-order valence-corrected chi connectivity index (χ2v) is 5.75. The van der Waals surface area contributed by atoms with E-state index < -0.39 is 0 Å². The van der Waals surface area contributed by atoms with Crippen LogP contribution in [0, 0.1) is 0 Å². The van der Waals surface area contributed by atoms with Crippen LogP contribution in [0.2, 0.25) is 0 Å². The molecule has 0 aromatic heterocycles. The smallest absolute Gasteiger partial charge is 0.119 e. The molecule has 4 nitrogen and oxygen atoms in total. The lowest BCUT2D eigenvalue weighted by Gasteiger charge is -2.24. The van der Waals surface area contributed by atoms with Gasteiger partial charge in [-0.2, -0.15) is 0 Å². The highest BCUT2D eigenvalue weighted by Crippen LogP contribution is 2.21. The summed E-state index contributed by atoms with van der Waals surface area (Å²) in [4.78, 5) is 2.55. The molecule has 1 aliphatic rings. The fraction of sp³-hybridized carbons (Fsp3) is 0.647. The second-order valence-electron chi connectivity index (χ2n) is 5.75. The Bertz CT molecular complexity index is 394. The first kappa shape index (κ1) is 16.3. The minimum atomic E-state index is 0.312. The first-order chi connectivity index (χ1) is 10.3. The monoisotopic (exact) mass is 292 g/mol. The van der Waals surface area contributed by atoms with E-state index in [1.54, 1.807) is 0 Å². The van der Waals surface area contributed by atoms with Gasteiger partial charge in [0.1, 0.15) is 5.75 Å². The SMILES string of the molecule is NCc1ccc(OCCCN2CCCC2CCCO)cc1. The summed E-state index contributed by atoms with van der Waals surface area (Å²) in [6.07, 6.45) is 5.66. The van der Waals surface area contributed by atoms with Crippen LogP contribution in [0.3, 0.4) is 0 Å². The number of hydrogen-bond donors (Lipinski definition) is 2. The number of likely N-dealkylation sites (tertiary alicyclic amines) is 1. The maximum Gasteiger partial charge on any atom is 0.119 e. The summed E-state index contributed by atoms with van der Waals surface area (Å²) in [6, 6.07) is 8.67. The highest BCUT2D eigenvalue weighted by atomic mass is 16.5. The lowest BCUT2D eigenvalue weighted by molar-refractivity contribution is 0.199. The van der Waals surface area contributed by atoms with E-state index in [0.29, 0.717) is 19.2 Å². The zero-order valence-electron chi connectivity index (χ0n) is 12.8. The first-order valence-electron chi connectivity index (χ1n) is 8.10. The van der Waals surface area contributed by atoms with Crippen molar-refractivity contribution in [1.82, 2.24) is 4.90 Å². The van der Waals surface area contributed by atoms with Crippen molar-refractivity contribution in [3.8, 4) is 5.75 Å². The van der Waals surface area contributed by atoms with Gasteiger partial charge in [0.05, 0.1) is 6.61 Å². The predicted molar refractivity (Wildman–Crippen MR) is 85.4 cm³/mol. The maximum atomic E-state index is 8.94. The normalized spacial score (nSPS) is 19.0. The second kappa shape index (κ2) is 9.03. The Morgan fingerprint density at radius 3 is 2.76 bits per heavy atom. The number of ether oxygens (including phenoxy) is 1. The van der Waals surface area contributed by atoms with Gasteiger partial charge in [-0.25, -0.2) is 0 Å². The zero-order chi connectivity index (χ0) is 14.9. The molecule has 2 rings (SSSR count). The number of nitrogens with zero attached hydrogens (tertiary/aromatic N) is 1. The Morgan fingerprint density at radius 2 is 2.05 bits per heavy atom. The molecule has 4 heteroatoms. The van der Waals surface area contributed by atoms with Gasteiger partial charge < -0.3 is 20.5 Å². The van der Waals surface area contributed by atoms with Crippen LogP contribution in [-0.4, -0.2) is 42.4 Å². The molecule has 0 amide bonds. The maximum absolute atomic E-state index is 8.94. The summed E-state index contributed by atoms with van der Waals surface area (Å²) in [6.45, 7) is 3.93. The van der Waals surface area contributed by atoms with Gasteiger partial charge >= 0.3 is 0 Å². The van der Waals surface area contributed by atoms with Crippen LogP contribution in [0.1, 0.15) is 37.7 Å². The van der Waals surface area contributed by atoms with Gasteiger partial charge in [-0.05, 0) is 56.3 Å². The van der Waals surface area contributed by atoms with E-state index in [0.717, 1.165) is 43.7 Å². The molecule has 0 bridgehead atoms. The van der Waals surface area contributed by atoms with Crippen molar-refractivity contribution >= 4 is 0 Å². The summed E-state index contributed by atoms with van der Waals surface area (Å²) in [5.41, 5.74) is 6.71. The van der Waals surface area contributed by atoms with Crippen molar-refractivity contribution in [2.24, 2.45) is 5.73 Å². The van der Waals surface area contributed by atoms with E-state index >= 15 is 0 Å². The molecule has 1 fully saturated rings. The molecule has 1 unspecified atom stereocenters. The third-order valence-electron chi connectivity index (χ3n) is 4.21. The molecule has 1 aliphatic heterocycles. The number of benzene rings is 1. The van der Waals surface area contributed by atoms with Crippen molar-refractivity contribution in [3.63, 3.8) is 0 Å². The van der Waals surface area contributed by atoms with Crippen LogP contribution < -0.4 is 10.5 Å². The topological polar surface area (TPSA) is 58.7 Å². The Morgan fingerprint density at radius 1 is 1.24 bits per heavy atom. The molecule has 1 heterocycles. The zero-order valence-corrected chi connectivity index (χ0v) is 12.8. The predicted octanol–water partition coefficient (Wildman–Crippen LogP) is 2.15. The van der Waals surface area contributed by atoms with Gasteiger partial charge in [-0.1, -0.05) is 12.1 Å². The van der Waals surface area contributed by atoms with E-state index in [1.165, 1.54) is 19.4 Å². The van der Waals surface area contributed by atoms with Gasteiger partial charge in [0.25, 0.3) is 0 Å². The summed E-state index contributed by atoms with van der Waals surface area (Å²) in [7, 11) is 0. The van der Waals surface area contributed by atoms with Crippen LogP contribution >= 0.6 is 0 Å². The summed E-state index contributed by atoms with van der Waals surface area (Å²) in [5.74, 6) is 0.922. The van der Waals surface area contributed by atoms with Crippen molar-refractivity contribution < 1.29 is 9.84 Å². The molecule has 3 N–H and O–H groups in total. The molecule has 0 aliphatic carbocycles. The quantitative estimate of drug-likeness (QED) is 0.685.